The molecule has 1 aromatic rings. The monoisotopic (exact) mass is 331 g/mol. The second-order valence-corrected chi connectivity index (χ2v) is 6.01. The quantitative estimate of drug-likeness (QED) is 0.668. The molecule has 7 nitrogen and oxygen atoms in total. The highest BCUT2D eigenvalue weighted by atomic mass is 16.3. The van der Waals surface area contributed by atoms with Gasteiger partial charge in [0.05, 0.1) is 13.0 Å². The van der Waals surface area contributed by atoms with Crippen LogP contribution in [-0.4, -0.2) is 38.6 Å². The Balaban J connectivity index is 2.67. The maximum atomic E-state index is 11.9. The molecule has 4 atom stereocenters. The first kappa shape index (κ1) is 8.28. The van der Waals surface area contributed by atoms with Gasteiger partial charge in [-0.05, 0) is 45.8 Å². The molecule has 4 unspecified atom stereocenters. The number of carbonyl (C=O) groups excluding carboxylic acids is 1. The van der Waals surface area contributed by atoms with Gasteiger partial charge in [-0.3, -0.25) is 4.79 Å². The van der Waals surface area contributed by atoms with Gasteiger partial charge in [0.1, 0.15) is 5.82 Å². The summed E-state index contributed by atoms with van der Waals surface area (Å²) in [5.41, 5.74) is 4.43. The van der Waals surface area contributed by atoms with Gasteiger partial charge in [-0.2, -0.15) is 4.98 Å². The van der Waals surface area contributed by atoms with E-state index in [1.54, 1.807) is 20.8 Å². The number of nitrogens with zero attached hydrogens (tertiary/aromatic N) is 2. The number of nitrogens with two attached hydrogens (primary N) is 1. The van der Waals surface area contributed by atoms with Gasteiger partial charge in [0.2, 0.25) is 5.95 Å². The van der Waals surface area contributed by atoms with Crippen LogP contribution in [0.4, 0.5) is 11.8 Å². The molecule has 0 radical (unpaired) electrons. The highest BCUT2D eigenvalue weighted by molar-refractivity contribution is 5.97. The number of aromatic nitrogens is 2. The van der Waals surface area contributed by atoms with Crippen molar-refractivity contribution in [3.8, 4) is 0 Å². The number of primary amides is 1. The molecular weight excluding hydrogens is 294 g/mol. The zero-order chi connectivity index (χ0) is 26.0. The summed E-state index contributed by atoms with van der Waals surface area (Å²) in [5, 5.41) is 15.9. The van der Waals surface area contributed by atoms with Crippen molar-refractivity contribution in [3.63, 3.8) is 0 Å². The number of aliphatic hydroxyl groups is 1. The van der Waals surface area contributed by atoms with Gasteiger partial charge in [0.25, 0.3) is 5.91 Å². The van der Waals surface area contributed by atoms with E-state index in [1.807, 2.05) is 0 Å². The molecule has 1 aliphatic rings. The fourth-order valence-electron chi connectivity index (χ4n) is 1.79. The number of hydrogen-bond donors (Lipinski definition) is 4. The topological polar surface area (TPSA) is 113 Å². The molecule has 0 saturated heterocycles. The zero-order valence-corrected chi connectivity index (χ0v) is 13.1. The fourth-order valence-corrected chi connectivity index (χ4v) is 1.79. The standard InChI is InChI=1S/C16H27N5O2/c1-9-5-6-10(7-12(9)22)19-14-11(13(17)23)8-18-15(20-14)21-16(2,3)4/h8-10,12,22H,5-7H2,1-4H3,(H2,17,23)(H2,18,19,20,21)/i1D3,5D2,6D2,7D,9D,12D. The maximum absolute atomic E-state index is 11.9. The van der Waals surface area contributed by atoms with E-state index < -0.39 is 61.3 Å². The van der Waals surface area contributed by atoms with E-state index >= 15 is 0 Å². The van der Waals surface area contributed by atoms with Gasteiger partial charge in [-0.1, -0.05) is 6.85 Å². The summed E-state index contributed by atoms with van der Waals surface area (Å²) in [5.74, 6) is -5.22. The van der Waals surface area contributed by atoms with E-state index in [1.165, 1.54) is 0 Å². The molecule has 1 heterocycles. The summed E-state index contributed by atoms with van der Waals surface area (Å²) in [6.45, 7) is 1.68. The van der Waals surface area contributed by atoms with Crippen LogP contribution < -0.4 is 16.4 Å². The Morgan fingerprint density at radius 1 is 1.57 bits per heavy atom. The Bertz CT molecular complexity index is 933. The lowest BCUT2D eigenvalue weighted by molar-refractivity contribution is 0.0739. The number of nitrogens with one attached hydrogen (secondary N) is 2. The Morgan fingerprint density at radius 2 is 2.30 bits per heavy atom. The number of anilines is 2. The van der Waals surface area contributed by atoms with Crippen LogP contribution in [0, 0.1) is 5.89 Å². The van der Waals surface area contributed by atoms with Crippen molar-refractivity contribution in [2.75, 3.05) is 10.6 Å². The van der Waals surface area contributed by atoms with Crippen molar-refractivity contribution in [3.05, 3.63) is 11.8 Å². The Labute approximate surface area is 151 Å². The first-order valence-corrected chi connectivity index (χ1v) is 6.88. The average Bonchev–Trinajstić information content (AvgIpc) is 2.60. The van der Waals surface area contributed by atoms with Crippen LogP contribution >= 0.6 is 0 Å². The first-order chi connectivity index (χ1) is 14.5. The molecule has 0 bridgehead atoms. The van der Waals surface area contributed by atoms with Crippen LogP contribution in [0.2, 0.25) is 0 Å². The average molecular weight is 331 g/mol. The third-order valence-electron chi connectivity index (χ3n) is 2.77. The third kappa shape index (κ3) is 4.79. The van der Waals surface area contributed by atoms with E-state index in [2.05, 4.69) is 20.6 Å². The normalized spacial score (nSPS) is 45.9. The van der Waals surface area contributed by atoms with E-state index in [0.29, 0.717) is 0 Å². The predicted molar refractivity (Wildman–Crippen MR) is 90.4 cm³/mol. The van der Waals surface area contributed by atoms with Gasteiger partial charge in [-0.15, -0.1) is 0 Å². The van der Waals surface area contributed by atoms with Gasteiger partial charge in [-0.25, -0.2) is 4.98 Å². The van der Waals surface area contributed by atoms with Crippen LogP contribution in [0.3, 0.4) is 0 Å². The molecule has 1 amide bonds. The molecule has 1 aromatic heterocycles. The molecular formula is C16H27N5O2. The summed E-state index contributed by atoms with van der Waals surface area (Å²) in [4.78, 5) is 19.9. The van der Waals surface area contributed by atoms with Crippen molar-refractivity contribution in [2.45, 2.75) is 64.4 Å². The Hall–Kier alpha value is -1.89. The third-order valence-corrected chi connectivity index (χ3v) is 2.77. The molecule has 2 rings (SSSR count). The van der Waals surface area contributed by atoms with E-state index in [9.17, 15) is 9.90 Å². The summed E-state index contributed by atoms with van der Waals surface area (Å²) in [6, 6.07) is -2.12. The van der Waals surface area contributed by atoms with Gasteiger partial charge in [0.15, 0.2) is 0 Å². The largest absolute Gasteiger partial charge is 0.393 e. The molecule has 0 aliphatic heterocycles. The van der Waals surface area contributed by atoms with Gasteiger partial charge < -0.3 is 21.5 Å². The number of rotatable bonds is 4. The van der Waals surface area contributed by atoms with Crippen molar-refractivity contribution >= 4 is 17.7 Å². The van der Waals surface area contributed by atoms with Crippen molar-refractivity contribution in [1.29, 1.82) is 0 Å². The predicted octanol–water partition coefficient (Wildman–Crippen LogP) is 1.75. The van der Waals surface area contributed by atoms with Crippen molar-refractivity contribution in [1.82, 2.24) is 9.97 Å². The van der Waals surface area contributed by atoms with E-state index in [0.717, 1.165) is 6.20 Å². The van der Waals surface area contributed by atoms with Crippen molar-refractivity contribution < 1.29 is 23.6 Å². The van der Waals surface area contributed by atoms with Crippen LogP contribution in [-0.2, 0) is 0 Å². The SMILES string of the molecule is [2H]C1C(Nc2nc(NC(C)(C)C)ncc2C(N)=O)C([2H])([2H])C([2H])([2H])C([2H])(C([2H])([2H])[2H])C1([2H])O. The summed E-state index contributed by atoms with van der Waals surface area (Å²) in [7, 11) is 0. The van der Waals surface area contributed by atoms with Gasteiger partial charge in [0, 0.05) is 30.1 Å². The Morgan fingerprint density at radius 3 is 2.91 bits per heavy atom. The zero-order valence-electron chi connectivity index (χ0n) is 23.1. The van der Waals surface area contributed by atoms with Crippen LogP contribution in [0.5, 0.6) is 0 Å². The lowest BCUT2D eigenvalue weighted by atomic mass is 9.85. The van der Waals surface area contributed by atoms with Crippen molar-refractivity contribution in [2.24, 2.45) is 11.6 Å². The minimum Gasteiger partial charge on any atom is -0.393 e. The maximum Gasteiger partial charge on any atom is 0.254 e. The first-order valence-electron chi connectivity index (χ1n) is 12.0. The van der Waals surface area contributed by atoms with Gasteiger partial charge >= 0.3 is 0 Å². The number of carbonyl (C=O) groups is 1. The summed E-state index contributed by atoms with van der Waals surface area (Å²) < 4.78 is 80.3. The summed E-state index contributed by atoms with van der Waals surface area (Å²) >= 11 is 0. The molecule has 0 aromatic carbocycles. The smallest absolute Gasteiger partial charge is 0.254 e. The van der Waals surface area contributed by atoms with Crippen LogP contribution in [0.25, 0.3) is 0 Å². The number of hydrogen-bond acceptors (Lipinski definition) is 6. The lowest BCUT2D eigenvalue weighted by Crippen LogP contribution is -2.36. The number of amides is 1. The minimum absolute atomic E-state index is 0.0330. The summed E-state index contributed by atoms with van der Waals surface area (Å²) in [6.07, 6.45) is -12.0. The fraction of sp³-hybridized carbons (Fsp3) is 0.688. The van der Waals surface area contributed by atoms with E-state index in [4.69, 9.17) is 19.4 Å². The highest BCUT2D eigenvalue weighted by Crippen LogP contribution is 2.27. The van der Waals surface area contributed by atoms with Crippen LogP contribution in [0.1, 0.15) is 70.8 Å². The molecule has 5 N–H and O–H groups in total. The molecule has 23 heavy (non-hydrogen) atoms. The minimum atomic E-state index is -3.72. The molecule has 1 aliphatic carbocycles. The molecule has 1 saturated carbocycles. The van der Waals surface area contributed by atoms with Crippen LogP contribution in [0.15, 0.2) is 6.20 Å². The second-order valence-electron chi connectivity index (χ2n) is 6.01. The highest BCUT2D eigenvalue weighted by Gasteiger charge is 2.27. The second kappa shape index (κ2) is 6.70. The molecule has 0 spiro atoms. The van der Waals surface area contributed by atoms with E-state index in [-0.39, 0.29) is 11.5 Å². The molecule has 128 valence electrons. The Kier molecular flexibility index (Phi) is 2.41. The molecule has 7 heteroatoms. The molecule has 1 fully saturated rings. The lowest BCUT2D eigenvalue weighted by Gasteiger charge is -2.32.